The van der Waals surface area contributed by atoms with Crippen molar-refractivity contribution in [2.75, 3.05) is 10.6 Å². The van der Waals surface area contributed by atoms with Gasteiger partial charge in [0.2, 0.25) is 5.95 Å². The van der Waals surface area contributed by atoms with Crippen molar-refractivity contribution in [2.24, 2.45) is 0 Å². The Morgan fingerprint density at radius 1 is 1.24 bits per heavy atom. The summed E-state index contributed by atoms with van der Waals surface area (Å²) in [5.74, 6) is 0.235. The molecule has 0 spiro atoms. The number of anilines is 2. The summed E-state index contributed by atoms with van der Waals surface area (Å²) in [4.78, 5) is 15.4. The van der Waals surface area contributed by atoms with Gasteiger partial charge in [-0.25, -0.2) is 4.79 Å². The fraction of sp³-hybridized carbons (Fsp3) is 0.182. The molecule has 1 aromatic heterocycles. The standard InChI is InChI=1S/C11H10F3N5O2/c1-6-15-9(19-18-6)17-10(20)16-7-2-4-8(5-3-7)21-11(12,13)14/h2-5H,1H3,(H3,15,16,17,18,19,20). The highest BCUT2D eigenvalue weighted by Crippen LogP contribution is 2.23. The molecule has 0 atom stereocenters. The van der Waals surface area contributed by atoms with E-state index in [0.29, 0.717) is 5.82 Å². The molecule has 0 saturated heterocycles. The molecule has 2 aromatic rings. The number of amides is 2. The fourth-order valence-corrected chi connectivity index (χ4v) is 1.40. The van der Waals surface area contributed by atoms with Crippen LogP contribution in [-0.2, 0) is 0 Å². The molecular formula is C11H10F3N5O2. The van der Waals surface area contributed by atoms with Gasteiger partial charge in [0.25, 0.3) is 0 Å². The number of halogens is 3. The third kappa shape index (κ3) is 4.67. The van der Waals surface area contributed by atoms with Crippen LogP contribution in [0.4, 0.5) is 29.6 Å². The van der Waals surface area contributed by atoms with Crippen LogP contribution in [0.5, 0.6) is 5.75 Å². The summed E-state index contributed by atoms with van der Waals surface area (Å²) >= 11 is 0. The van der Waals surface area contributed by atoms with E-state index in [9.17, 15) is 18.0 Å². The first-order valence-corrected chi connectivity index (χ1v) is 5.65. The molecule has 0 fully saturated rings. The molecular weight excluding hydrogens is 291 g/mol. The third-order valence-corrected chi connectivity index (χ3v) is 2.17. The van der Waals surface area contributed by atoms with E-state index in [4.69, 9.17) is 0 Å². The van der Waals surface area contributed by atoms with Gasteiger partial charge < -0.3 is 10.1 Å². The summed E-state index contributed by atoms with van der Waals surface area (Å²) in [7, 11) is 0. The second-order valence-electron chi connectivity index (χ2n) is 3.90. The largest absolute Gasteiger partial charge is 0.573 e. The van der Waals surface area contributed by atoms with Crippen molar-refractivity contribution in [1.82, 2.24) is 15.2 Å². The highest BCUT2D eigenvalue weighted by Gasteiger charge is 2.30. The van der Waals surface area contributed by atoms with Gasteiger partial charge >= 0.3 is 12.4 Å². The molecule has 1 aromatic carbocycles. The third-order valence-electron chi connectivity index (χ3n) is 2.17. The zero-order valence-electron chi connectivity index (χ0n) is 10.7. The van der Waals surface area contributed by atoms with Gasteiger partial charge in [-0.2, -0.15) is 4.98 Å². The molecule has 7 nitrogen and oxygen atoms in total. The number of carbonyl (C=O) groups is 1. The van der Waals surface area contributed by atoms with Crippen LogP contribution < -0.4 is 15.4 Å². The lowest BCUT2D eigenvalue weighted by Gasteiger charge is -2.09. The highest BCUT2D eigenvalue weighted by molar-refractivity contribution is 5.98. The number of urea groups is 1. The number of aromatic amines is 1. The second-order valence-corrected chi connectivity index (χ2v) is 3.90. The van der Waals surface area contributed by atoms with Gasteiger partial charge in [0.05, 0.1) is 0 Å². The van der Waals surface area contributed by atoms with Gasteiger partial charge in [0.1, 0.15) is 11.6 Å². The molecule has 0 bridgehead atoms. The van der Waals surface area contributed by atoms with Crippen LogP contribution in [-0.4, -0.2) is 27.6 Å². The molecule has 112 valence electrons. The molecule has 0 radical (unpaired) electrons. The number of hydrogen-bond acceptors (Lipinski definition) is 4. The van der Waals surface area contributed by atoms with Crippen molar-refractivity contribution in [3.63, 3.8) is 0 Å². The number of benzene rings is 1. The van der Waals surface area contributed by atoms with E-state index in [0.717, 1.165) is 12.1 Å². The summed E-state index contributed by atoms with van der Waals surface area (Å²) in [5, 5.41) is 11.0. The van der Waals surface area contributed by atoms with Gasteiger partial charge in [0.15, 0.2) is 0 Å². The molecule has 21 heavy (non-hydrogen) atoms. The monoisotopic (exact) mass is 301 g/mol. The van der Waals surface area contributed by atoms with Crippen LogP contribution in [0.1, 0.15) is 5.82 Å². The van der Waals surface area contributed by atoms with Crippen molar-refractivity contribution in [3.05, 3.63) is 30.1 Å². The minimum absolute atomic E-state index is 0.0852. The van der Waals surface area contributed by atoms with Gasteiger partial charge in [-0.05, 0) is 31.2 Å². The number of nitrogens with zero attached hydrogens (tertiary/aromatic N) is 2. The summed E-state index contributed by atoms with van der Waals surface area (Å²) in [6.45, 7) is 1.66. The van der Waals surface area contributed by atoms with E-state index in [1.54, 1.807) is 6.92 Å². The van der Waals surface area contributed by atoms with E-state index in [-0.39, 0.29) is 17.4 Å². The van der Waals surface area contributed by atoms with Crippen molar-refractivity contribution in [3.8, 4) is 5.75 Å². The maximum Gasteiger partial charge on any atom is 0.573 e. The van der Waals surface area contributed by atoms with Gasteiger partial charge in [-0.15, -0.1) is 18.3 Å². The lowest BCUT2D eigenvalue weighted by molar-refractivity contribution is -0.274. The summed E-state index contributed by atoms with van der Waals surface area (Å²) in [6, 6.07) is 4.08. The quantitative estimate of drug-likeness (QED) is 0.812. The van der Waals surface area contributed by atoms with E-state index in [1.807, 2.05) is 0 Å². The molecule has 3 N–H and O–H groups in total. The molecule has 0 aliphatic carbocycles. The Kier molecular flexibility index (Phi) is 3.96. The molecule has 0 saturated carbocycles. The van der Waals surface area contributed by atoms with Gasteiger partial charge in [-0.3, -0.25) is 10.4 Å². The van der Waals surface area contributed by atoms with Crippen LogP contribution in [0.3, 0.4) is 0 Å². The van der Waals surface area contributed by atoms with Crippen LogP contribution >= 0.6 is 0 Å². The molecule has 2 rings (SSSR count). The van der Waals surface area contributed by atoms with E-state index < -0.39 is 12.4 Å². The minimum Gasteiger partial charge on any atom is -0.406 e. The zero-order chi connectivity index (χ0) is 15.5. The highest BCUT2D eigenvalue weighted by atomic mass is 19.4. The molecule has 0 aliphatic heterocycles. The number of rotatable bonds is 3. The van der Waals surface area contributed by atoms with Crippen molar-refractivity contribution >= 4 is 17.7 Å². The first-order chi connectivity index (χ1) is 9.82. The number of H-pyrrole nitrogens is 1. The zero-order valence-corrected chi connectivity index (χ0v) is 10.7. The van der Waals surface area contributed by atoms with Gasteiger partial charge in [0, 0.05) is 5.69 Å². The fourth-order valence-electron chi connectivity index (χ4n) is 1.40. The maximum atomic E-state index is 12.0. The number of hydrogen-bond donors (Lipinski definition) is 3. The Bertz CT molecular complexity index is 624. The summed E-state index contributed by atoms with van der Waals surface area (Å²) < 4.78 is 39.6. The molecule has 1 heterocycles. The Balaban J connectivity index is 1.92. The first kappa shape index (κ1) is 14.6. The molecule has 10 heteroatoms. The maximum absolute atomic E-state index is 12.0. The SMILES string of the molecule is Cc1nc(NC(=O)Nc2ccc(OC(F)(F)F)cc2)n[nH]1. The van der Waals surface area contributed by atoms with E-state index in [1.165, 1.54) is 12.1 Å². The predicted molar refractivity (Wildman–Crippen MR) is 66.9 cm³/mol. The molecule has 0 unspecified atom stereocenters. The predicted octanol–water partition coefficient (Wildman–Crippen LogP) is 2.66. The number of ether oxygens (including phenoxy) is 1. The van der Waals surface area contributed by atoms with E-state index >= 15 is 0 Å². The van der Waals surface area contributed by atoms with Crippen LogP contribution in [0, 0.1) is 6.92 Å². The number of carbonyl (C=O) groups excluding carboxylic acids is 1. The van der Waals surface area contributed by atoms with Crippen molar-refractivity contribution < 1.29 is 22.7 Å². The Hall–Kier alpha value is -2.78. The minimum atomic E-state index is -4.75. The van der Waals surface area contributed by atoms with Crippen LogP contribution in [0.25, 0.3) is 0 Å². The Labute approximate surface area is 116 Å². The lowest BCUT2D eigenvalue weighted by Crippen LogP contribution is -2.20. The van der Waals surface area contributed by atoms with E-state index in [2.05, 4.69) is 30.6 Å². The molecule has 0 aliphatic rings. The number of nitrogens with one attached hydrogen (secondary N) is 3. The normalized spacial score (nSPS) is 11.0. The molecule has 2 amide bonds. The van der Waals surface area contributed by atoms with Crippen molar-refractivity contribution in [1.29, 1.82) is 0 Å². The van der Waals surface area contributed by atoms with Gasteiger partial charge in [-0.1, -0.05) is 0 Å². The summed E-state index contributed by atoms with van der Waals surface area (Å²) in [6.07, 6.45) is -4.75. The Morgan fingerprint density at radius 3 is 2.43 bits per heavy atom. The van der Waals surface area contributed by atoms with Crippen LogP contribution in [0.15, 0.2) is 24.3 Å². The number of aryl methyl sites for hydroxylation is 1. The van der Waals surface area contributed by atoms with Crippen LogP contribution in [0.2, 0.25) is 0 Å². The lowest BCUT2D eigenvalue weighted by atomic mass is 10.3. The average molecular weight is 301 g/mol. The Morgan fingerprint density at radius 2 is 1.90 bits per heavy atom. The number of alkyl halides is 3. The summed E-state index contributed by atoms with van der Waals surface area (Å²) in [5.41, 5.74) is 0.286. The smallest absolute Gasteiger partial charge is 0.406 e. The van der Waals surface area contributed by atoms with Crippen molar-refractivity contribution in [2.45, 2.75) is 13.3 Å². The number of aromatic nitrogens is 3. The average Bonchev–Trinajstić information content (AvgIpc) is 2.75. The second kappa shape index (κ2) is 5.69. The first-order valence-electron chi connectivity index (χ1n) is 5.65. The topological polar surface area (TPSA) is 91.9 Å².